The third-order valence-electron chi connectivity index (χ3n) is 6.38. The summed E-state index contributed by atoms with van der Waals surface area (Å²) in [7, 11) is 0. The molecular weight excluding hydrogens is 382 g/mol. The molecule has 1 aliphatic rings. The zero-order valence-corrected chi connectivity index (χ0v) is 17.6. The summed E-state index contributed by atoms with van der Waals surface area (Å²) in [6.45, 7) is 4.62. The Morgan fingerprint density at radius 2 is 1.97 bits per heavy atom. The van der Waals surface area contributed by atoms with E-state index in [-0.39, 0.29) is 10.6 Å². The van der Waals surface area contributed by atoms with Crippen molar-refractivity contribution in [3.63, 3.8) is 0 Å². The summed E-state index contributed by atoms with van der Waals surface area (Å²) in [4.78, 5) is 11.6. The van der Waals surface area contributed by atoms with Crippen molar-refractivity contribution in [2.24, 2.45) is 11.8 Å². The van der Waals surface area contributed by atoms with Crippen molar-refractivity contribution >= 4 is 17.6 Å². The fraction of sp³-hybridized carbons (Fsp3) is 0.320. The molecule has 1 aliphatic carbocycles. The highest BCUT2D eigenvalue weighted by Crippen LogP contribution is 2.38. The molecule has 0 aliphatic heterocycles. The van der Waals surface area contributed by atoms with Crippen molar-refractivity contribution < 1.29 is 9.90 Å². The number of hydrogen-bond donors (Lipinski definition) is 1. The molecular formula is C25H26ClNO2. The summed E-state index contributed by atoms with van der Waals surface area (Å²) < 4.78 is 2.24. The van der Waals surface area contributed by atoms with Crippen LogP contribution in [0.2, 0.25) is 5.02 Å². The van der Waals surface area contributed by atoms with Crippen LogP contribution in [0.4, 0.5) is 0 Å². The van der Waals surface area contributed by atoms with Gasteiger partial charge in [0.1, 0.15) is 0 Å². The summed E-state index contributed by atoms with van der Waals surface area (Å²) in [5, 5.41) is 9.81. The zero-order valence-electron chi connectivity index (χ0n) is 16.9. The first-order valence-electron chi connectivity index (χ1n) is 10.3. The minimum atomic E-state index is -1.00. The van der Waals surface area contributed by atoms with Gasteiger partial charge in [-0.05, 0) is 66.5 Å². The topological polar surface area (TPSA) is 42.2 Å². The molecule has 1 aromatic heterocycles. The molecule has 1 N–H and O–H groups in total. The highest BCUT2D eigenvalue weighted by atomic mass is 35.5. The van der Waals surface area contributed by atoms with E-state index in [1.165, 1.54) is 24.1 Å². The number of carbonyl (C=O) groups is 1. The number of benzene rings is 2. The lowest BCUT2D eigenvalue weighted by molar-refractivity contribution is 0.0697. The lowest BCUT2D eigenvalue weighted by Crippen LogP contribution is -2.21. The number of carboxylic acid groups (broad SMARTS) is 1. The third kappa shape index (κ3) is 3.72. The van der Waals surface area contributed by atoms with Gasteiger partial charge in [-0.2, -0.15) is 0 Å². The third-order valence-corrected chi connectivity index (χ3v) is 6.71. The Morgan fingerprint density at radius 3 is 2.66 bits per heavy atom. The van der Waals surface area contributed by atoms with E-state index in [9.17, 15) is 9.90 Å². The molecule has 0 bridgehead atoms. The molecule has 0 spiro atoms. The van der Waals surface area contributed by atoms with Gasteiger partial charge in [0.15, 0.2) is 0 Å². The lowest BCUT2D eigenvalue weighted by atomic mass is 9.79. The van der Waals surface area contributed by atoms with Crippen LogP contribution in [0, 0.1) is 11.8 Å². The molecule has 2 atom stereocenters. The second-order valence-electron chi connectivity index (χ2n) is 8.06. The van der Waals surface area contributed by atoms with E-state index in [4.69, 9.17) is 11.6 Å². The Bertz CT molecular complexity index is 1040. The highest BCUT2D eigenvalue weighted by molar-refractivity contribution is 6.33. The van der Waals surface area contributed by atoms with Gasteiger partial charge in [0.05, 0.1) is 16.3 Å². The van der Waals surface area contributed by atoms with E-state index in [0.717, 1.165) is 29.8 Å². The van der Waals surface area contributed by atoms with Gasteiger partial charge in [-0.3, -0.25) is 0 Å². The molecule has 3 aromatic rings. The van der Waals surface area contributed by atoms with Crippen LogP contribution in [0.5, 0.6) is 0 Å². The molecule has 3 nitrogen and oxygen atoms in total. The first kappa shape index (κ1) is 19.8. The molecule has 150 valence electrons. The van der Waals surface area contributed by atoms with Gasteiger partial charge in [0.2, 0.25) is 0 Å². The van der Waals surface area contributed by atoms with Crippen molar-refractivity contribution in [3.8, 4) is 16.9 Å². The molecule has 1 heterocycles. The fourth-order valence-corrected chi connectivity index (χ4v) is 4.71. The minimum Gasteiger partial charge on any atom is -0.478 e. The van der Waals surface area contributed by atoms with Crippen LogP contribution in [-0.2, 0) is 12.8 Å². The summed E-state index contributed by atoms with van der Waals surface area (Å²) in [6, 6.07) is 17.9. The van der Waals surface area contributed by atoms with E-state index < -0.39 is 5.97 Å². The molecule has 4 rings (SSSR count). The van der Waals surface area contributed by atoms with E-state index in [1.54, 1.807) is 12.1 Å². The van der Waals surface area contributed by atoms with Crippen LogP contribution >= 0.6 is 11.6 Å². The van der Waals surface area contributed by atoms with Crippen molar-refractivity contribution in [2.75, 3.05) is 0 Å². The smallest absolute Gasteiger partial charge is 0.337 e. The maximum absolute atomic E-state index is 11.6. The molecule has 29 heavy (non-hydrogen) atoms. The predicted molar refractivity (Wildman–Crippen MR) is 118 cm³/mol. The second-order valence-corrected chi connectivity index (χ2v) is 8.47. The molecule has 0 saturated heterocycles. The first-order chi connectivity index (χ1) is 14.0. The molecule has 0 radical (unpaired) electrons. The number of fused-ring (bicyclic) bond motifs is 1. The summed E-state index contributed by atoms with van der Waals surface area (Å²) in [6.07, 6.45) is 4.45. The van der Waals surface area contributed by atoms with Crippen molar-refractivity contribution in [3.05, 3.63) is 76.4 Å². The normalized spacial score (nSPS) is 17.0. The zero-order chi connectivity index (χ0) is 20.5. The second kappa shape index (κ2) is 8.08. The first-order valence-corrected chi connectivity index (χ1v) is 10.7. The Labute approximate surface area is 177 Å². The van der Waals surface area contributed by atoms with Gasteiger partial charge in [-0.25, -0.2) is 4.79 Å². The van der Waals surface area contributed by atoms with E-state index in [2.05, 4.69) is 36.6 Å². The van der Waals surface area contributed by atoms with Crippen molar-refractivity contribution in [1.29, 1.82) is 0 Å². The Hall–Kier alpha value is -2.52. The highest BCUT2D eigenvalue weighted by Gasteiger charge is 2.28. The average Bonchev–Trinajstić information content (AvgIpc) is 3.12. The average molecular weight is 408 g/mol. The van der Waals surface area contributed by atoms with E-state index >= 15 is 0 Å². The van der Waals surface area contributed by atoms with E-state index in [0.29, 0.717) is 11.8 Å². The van der Waals surface area contributed by atoms with Crippen molar-refractivity contribution in [1.82, 2.24) is 4.57 Å². The quantitative estimate of drug-likeness (QED) is 0.514. The standard InChI is InChI=1S/C25H26ClNO2/c1-3-16(2)18-9-12-23-19(13-18)14-24(17-7-5-4-6-8-17)27(23)20-10-11-22(26)21(15-20)25(28)29/h4-8,10-11,14-16,18H,3,9,12-13H2,1-2H3,(H,28,29). The summed E-state index contributed by atoms with van der Waals surface area (Å²) >= 11 is 6.13. The number of carboxylic acids is 1. The van der Waals surface area contributed by atoms with Gasteiger partial charge >= 0.3 is 5.97 Å². The molecule has 2 aromatic carbocycles. The monoisotopic (exact) mass is 407 g/mol. The number of aromatic nitrogens is 1. The number of rotatable bonds is 5. The largest absolute Gasteiger partial charge is 0.478 e. The Balaban J connectivity index is 1.88. The molecule has 2 unspecified atom stereocenters. The molecule has 4 heteroatoms. The van der Waals surface area contributed by atoms with E-state index in [1.807, 2.05) is 24.3 Å². The van der Waals surface area contributed by atoms with Crippen LogP contribution in [0.3, 0.4) is 0 Å². The number of hydrogen-bond acceptors (Lipinski definition) is 1. The maximum atomic E-state index is 11.6. The SMILES string of the molecule is CCC(C)C1CCc2c(cc(-c3ccccc3)n2-c2ccc(Cl)c(C(=O)O)c2)C1. The fourth-order valence-electron chi connectivity index (χ4n) is 4.51. The molecule has 0 fully saturated rings. The molecule has 0 saturated carbocycles. The number of aromatic carboxylic acids is 1. The lowest BCUT2D eigenvalue weighted by Gasteiger charge is -2.28. The number of halogens is 1. The van der Waals surface area contributed by atoms with Crippen LogP contribution in [0.1, 0.15) is 48.3 Å². The van der Waals surface area contributed by atoms with Gasteiger partial charge in [-0.1, -0.05) is 62.2 Å². The van der Waals surface area contributed by atoms with Crippen LogP contribution < -0.4 is 0 Å². The minimum absolute atomic E-state index is 0.138. The predicted octanol–water partition coefficient (Wildman–Crippen LogP) is 6.65. The van der Waals surface area contributed by atoms with Gasteiger partial charge < -0.3 is 9.67 Å². The molecule has 0 amide bonds. The summed E-state index contributed by atoms with van der Waals surface area (Å²) in [5.41, 5.74) is 5.91. The van der Waals surface area contributed by atoms with Crippen LogP contribution in [-0.4, -0.2) is 15.6 Å². The maximum Gasteiger partial charge on any atom is 0.337 e. The van der Waals surface area contributed by atoms with Crippen LogP contribution in [0.25, 0.3) is 16.9 Å². The van der Waals surface area contributed by atoms with Crippen LogP contribution in [0.15, 0.2) is 54.6 Å². The van der Waals surface area contributed by atoms with Crippen molar-refractivity contribution in [2.45, 2.75) is 39.5 Å². The van der Waals surface area contributed by atoms with Gasteiger partial charge in [0.25, 0.3) is 0 Å². The van der Waals surface area contributed by atoms with Gasteiger partial charge in [-0.15, -0.1) is 0 Å². The summed E-state index contributed by atoms with van der Waals surface area (Å²) in [5.74, 6) is 0.406. The Kier molecular flexibility index (Phi) is 5.51. The van der Waals surface area contributed by atoms with Gasteiger partial charge in [0, 0.05) is 11.4 Å². The number of nitrogens with zero attached hydrogens (tertiary/aromatic N) is 1. The Morgan fingerprint density at radius 1 is 1.21 bits per heavy atom.